The van der Waals surface area contributed by atoms with E-state index >= 15 is 0 Å². The summed E-state index contributed by atoms with van der Waals surface area (Å²) in [7, 11) is 0. The monoisotopic (exact) mass is 519 g/mol. The quantitative estimate of drug-likeness (QED) is 0.225. The van der Waals surface area contributed by atoms with Crippen LogP contribution >= 0.6 is 11.6 Å². The van der Waals surface area contributed by atoms with E-state index in [0.29, 0.717) is 12.1 Å². The van der Waals surface area contributed by atoms with Gasteiger partial charge in [-0.1, -0.05) is 36.7 Å². The molecule has 0 fully saturated rings. The van der Waals surface area contributed by atoms with Crippen molar-refractivity contribution in [1.82, 2.24) is 0 Å². The summed E-state index contributed by atoms with van der Waals surface area (Å²) in [6, 6.07) is 18.3. The molecule has 188 valence electrons. The van der Waals surface area contributed by atoms with Crippen LogP contribution in [-0.4, -0.2) is 35.4 Å². The van der Waals surface area contributed by atoms with Crippen LogP contribution < -0.4 is 15.5 Å². The Kier molecular flexibility index (Phi) is 7.55. The minimum Gasteiger partial charge on any atom is -0.506 e. The summed E-state index contributed by atoms with van der Waals surface area (Å²) in [6.07, 6.45) is 0.685. The van der Waals surface area contributed by atoms with Gasteiger partial charge in [-0.25, -0.2) is 9.69 Å². The van der Waals surface area contributed by atoms with Crippen molar-refractivity contribution in [3.05, 3.63) is 94.7 Å². The molecule has 0 atom stereocenters. The highest BCUT2D eigenvalue weighted by molar-refractivity contribution is 6.53. The Morgan fingerprint density at radius 2 is 1.68 bits per heavy atom. The highest BCUT2D eigenvalue weighted by Crippen LogP contribution is 2.31. The zero-order valence-corrected chi connectivity index (χ0v) is 20.4. The van der Waals surface area contributed by atoms with Crippen LogP contribution in [-0.2, 0) is 14.3 Å². The van der Waals surface area contributed by atoms with Gasteiger partial charge in [0, 0.05) is 11.3 Å². The molecule has 3 amide bonds. The molecule has 3 aromatic rings. The van der Waals surface area contributed by atoms with Crippen LogP contribution in [0.3, 0.4) is 0 Å². The highest BCUT2D eigenvalue weighted by Gasteiger charge is 2.39. The van der Waals surface area contributed by atoms with E-state index in [0.717, 1.165) is 4.90 Å². The number of carbonyl (C=O) groups is 4. The van der Waals surface area contributed by atoms with Gasteiger partial charge in [0.05, 0.1) is 23.5 Å². The number of esters is 1. The van der Waals surface area contributed by atoms with Crippen molar-refractivity contribution in [1.29, 1.82) is 0 Å². The number of benzene rings is 3. The van der Waals surface area contributed by atoms with E-state index in [1.54, 1.807) is 36.4 Å². The average Bonchev–Trinajstić information content (AvgIpc) is 3.11. The number of rotatable bonds is 8. The lowest BCUT2D eigenvalue weighted by Gasteiger charge is -2.15. The van der Waals surface area contributed by atoms with Gasteiger partial charge in [0.15, 0.2) is 0 Å². The van der Waals surface area contributed by atoms with Crippen LogP contribution in [0.4, 0.5) is 17.1 Å². The fourth-order valence-corrected chi connectivity index (χ4v) is 3.74. The molecule has 1 heterocycles. The number of phenols is 1. The molecule has 0 aromatic heterocycles. The van der Waals surface area contributed by atoms with Crippen molar-refractivity contribution in [2.75, 3.05) is 22.1 Å². The van der Waals surface area contributed by atoms with E-state index < -0.39 is 23.7 Å². The molecule has 3 N–H and O–H groups in total. The Balaban J connectivity index is 1.49. The molecule has 1 aliphatic heterocycles. The number of imide groups is 1. The number of amides is 3. The fourth-order valence-electron chi connectivity index (χ4n) is 3.53. The van der Waals surface area contributed by atoms with E-state index in [4.69, 9.17) is 16.3 Å². The van der Waals surface area contributed by atoms with E-state index in [9.17, 15) is 24.3 Å². The lowest BCUT2D eigenvalue weighted by Crippen LogP contribution is -2.32. The third-order valence-corrected chi connectivity index (χ3v) is 5.72. The number of aromatic hydroxyl groups is 1. The molecule has 3 aromatic carbocycles. The minimum absolute atomic E-state index is 0.0805. The van der Waals surface area contributed by atoms with Crippen molar-refractivity contribution >= 4 is 52.4 Å². The maximum Gasteiger partial charge on any atom is 0.338 e. The third kappa shape index (κ3) is 5.46. The van der Waals surface area contributed by atoms with Gasteiger partial charge < -0.3 is 20.5 Å². The molecule has 10 heteroatoms. The van der Waals surface area contributed by atoms with Crippen LogP contribution in [0.2, 0.25) is 0 Å². The van der Waals surface area contributed by atoms with Crippen LogP contribution in [0, 0.1) is 0 Å². The van der Waals surface area contributed by atoms with Crippen LogP contribution in [0.5, 0.6) is 5.75 Å². The standard InChI is InChI=1S/C27H22ClN3O6/c1-2-14-37-27(36)16-10-12-19(13-11-16)31-25(34)22(28)23(26(31)35)29-18-7-5-6-17(15-18)24(33)30-20-8-3-4-9-21(20)32/h3-13,15,29,32H,2,14H2,1H3,(H,30,33). The molecule has 0 aliphatic carbocycles. The molecule has 4 rings (SSSR count). The summed E-state index contributed by atoms with van der Waals surface area (Å²) in [5.74, 6) is -2.50. The summed E-state index contributed by atoms with van der Waals surface area (Å²) in [5.41, 5.74) is 1.18. The van der Waals surface area contributed by atoms with Crippen molar-refractivity contribution in [2.24, 2.45) is 0 Å². The number of nitrogens with zero attached hydrogens (tertiary/aromatic N) is 1. The van der Waals surface area contributed by atoms with Crippen molar-refractivity contribution in [3.63, 3.8) is 0 Å². The predicted octanol–water partition coefficient (Wildman–Crippen LogP) is 4.65. The first-order valence-corrected chi connectivity index (χ1v) is 11.7. The molecule has 9 nitrogen and oxygen atoms in total. The van der Waals surface area contributed by atoms with Gasteiger partial charge in [0.25, 0.3) is 17.7 Å². The number of anilines is 3. The normalized spacial score (nSPS) is 13.1. The number of ether oxygens (including phenoxy) is 1. The molecule has 1 aliphatic rings. The average molecular weight is 520 g/mol. The van der Waals surface area contributed by atoms with Gasteiger partial charge in [0.2, 0.25) is 0 Å². The van der Waals surface area contributed by atoms with Crippen LogP contribution in [0.25, 0.3) is 0 Å². The summed E-state index contributed by atoms with van der Waals surface area (Å²) in [4.78, 5) is 51.4. The Morgan fingerprint density at radius 3 is 2.38 bits per heavy atom. The molecule has 0 spiro atoms. The first-order chi connectivity index (χ1) is 17.8. The lowest BCUT2D eigenvalue weighted by atomic mass is 10.1. The zero-order valence-electron chi connectivity index (χ0n) is 19.7. The second kappa shape index (κ2) is 11.0. The van der Waals surface area contributed by atoms with E-state index in [1.807, 2.05) is 6.92 Å². The number of para-hydroxylation sites is 2. The molecule has 0 bridgehead atoms. The highest BCUT2D eigenvalue weighted by atomic mass is 35.5. The molecular formula is C27H22ClN3O6. The molecule has 0 saturated carbocycles. The van der Waals surface area contributed by atoms with Gasteiger partial charge in [-0.05, 0) is 61.0 Å². The summed E-state index contributed by atoms with van der Waals surface area (Å²) in [5, 5.41) is 15.0. The first-order valence-electron chi connectivity index (χ1n) is 11.3. The second-order valence-electron chi connectivity index (χ2n) is 7.99. The zero-order chi connectivity index (χ0) is 26.5. The van der Waals surface area contributed by atoms with Gasteiger partial charge >= 0.3 is 5.97 Å². The Labute approximate surface area is 217 Å². The molecule has 37 heavy (non-hydrogen) atoms. The minimum atomic E-state index is -0.732. The van der Waals surface area contributed by atoms with Gasteiger partial charge in [-0.15, -0.1) is 0 Å². The Hall–Kier alpha value is -4.63. The SMILES string of the molecule is CCCOC(=O)c1ccc(N2C(=O)C(Cl)=C(Nc3cccc(C(=O)Nc4ccccc4O)c3)C2=O)cc1. The number of carbonyl (C=O) groups excluding carboxylic acids is 4. The first kappa shape index (κ1) is 25.5. The maximum atomic E-state index is 13.1. The lowest BCUT2D eigenvalue weighted by molar-refractivity contribution is -0.120. The van der Waals surface area contributed by atoms with Crippen LogP contribution in [0.1, 0.15) is 34.1 Å². The summed E-state index contributed by atoms with van der Waals surface area (Å²) >= 11 is 6.21. The van der Waals surface area contributed by atoms with Crippen molar-refractivity contribution in [3.8, 4) is 5.75 Å². The Bertz CT molecular complexity index is 1420. The number of nitrogens with one attached hydrogen (secondary N) is 2. The topological polar surface area (TPSA) is 125 Å². The smallest absolute Gasteiger partial charge is 0.338 e. The van der Waals surface area contributed by atoms with Gasteiger partial charge in [-0.2, -0.15) is 0 Å². The van der Waals surface area contributed by atoms with Gasteiger partial charge in [-0.3, -0.25) is 14.4 Å². The van der Waals surface area contributed by atoms with Crippen LogP contribution in [0.15, 0.2) is 83.5 Å². The summed E-state index contributed by atoms with van der Waals surface area (Å²) in [6.45, 7) is 2.17. The molecule has 0 saturated heterocycles. The van der Waals surface area contributed by atoms with Crippen molar-refractivity contribution < 1.29 is 29.0 Å². The number of halogens is 1. The van der Waals surface area contributed by atoms with E-state index in [1.165, 1.54) is 36.4 Å². The third-order valence-electron chi connectivity index (χ3n) is 5.37. The fraction of sp³-hybridized carbons (Fsp3) is 0.111. The van der Waals surface area contributed by atoms with E-state index in [-0.39, 0.29) is 45.6 Å². The largest absolute Gasteiger partial charge is 0.506 e. The molecular weight excluding hydrogens is 498 g/mol. The van der Waals surface area contributed by atoms with Crippen molar-refractivity contribution in [2.45, 2.75) is 13.3 Å². The summed E-state index contributed by atoms with van der Waals surface area (Å²) < 4.78 is 5.08. The number of hydrogen-bond acceptors (Lipinski definition) is 7. The van der Waals surface area contributed by atoms with Gasteiger partial charge in [0.1, 0.15) is 16.5 Å². The second-order valence-corrected chi connectivity index (χ2v) is 8.37. The predicted molar refractivity (Wildman–Crippen MR) is 139 cm³/mol. The number of hydrogen-bond donors (Lipinski definition) is 3. The number of phenolic OH excluding ortho intramolecular Hbond substituents is 1. The van der Waals surface area contributed by atoms with E-state index in [2.05, 4.69) is 10.6 Å². The molecule has 0 radical (unpaired) electrons. The Morgan fingerprint density at radius 1 is 0.946 bits per heavy atom. The molecule has 0 unspecified atom stereocenters. The maximum absolute atomic E-state index is 13.1.